The van der Waals surface area contributed by atoms with Gasteiger partial charge in [0.2, 0.25) is 23.6 Å². The monoisotopic (exact) mass is 988 g/mol. The van der Waals surface area contributed by atoms with Crippen molar-refractivity contribution < 1.29 is 66.1 Å². The van der Waals surface area contributed by atoms with Gasteiger partial charge in [0.25, 0.3) is 11.8 Å². The van der Waals surface area contributed by atoms with Gasteiger partial charge in [0.05, 0.1) is 60.0 Å². The first kappa shape index (κ1) is 55.7. The van der Waals surface area contributed by atoms with Gasteiger partial charge in [-0.1, -0.05) is 55.9 Å². The number of halogens is 2. The van der Waals surface area contributed by atoms with Crippen LogP contribution in [0.5, 0.6) is 0 Å². The lowest BCUT2D eigenvalue weighted by Crippen LogP contribution is -2.54. The summed E-state index contributed by atoms with van der Waals surface area (Å²) in [4.78, 5) is 92.8. The number of hydroxylamine groups is 2. The summed E-state index contributed by atoms with van der Waals surface area (Å²) in [5.41, 5.74) is 0.520. The first-order valence-corrected chi connectivity index (χ1v) is 23.3. The van der Waals surface area contributed by atoms with Gasteiger partial charge in [-0.05, 0) is 49.4 Å². The van der Waals surface area contributed by atoms with Gasteiger partial charge in [0, 0.05) is 57.2 Å². The lowest BCUT2D eigenvalue weighted by atomic mass is 10.0. The van der Waals surface area contributed by atoms with Crippen LogP contribution in [0.1, 0.15) is 57.6 Å². The van der Waals surface area contributed by atoms with Gasteiger partial charge < -0.3 is 40.2 Å². The molecule has 2 aliphatic rings. The Kier molecular flexibility index (Phi) is 23.1. The molecular weight excluding hydrogens is 927 g/mol. The van der Waals surface area contributed by atoms with Gasteiger partial charge >= 0.3 is 6.03 Å². The molecule has 4 rings (SSSR count). The molecule has 0 unspecified atom stereocenters. The molecule has 4 N–H and O–H groups in total. The number of hydrogen-bond donors (Lipinski definition) is 4. The van der Waals surface area contributed by atoms with E-state index in [4.69, 9.17) is 23.8 Å². The molecule has 0 aliphatic carbocycles. The van der Waals surface area contributed by atoms with Crippen LogP contribution in [0.3, 0.4) is 0 Å². The van der Waals surface area contributed by atoms with Crippen molar-refractivity contribution in [3.05, 3.63) is 83.4 Å². The SMILES string of the molecule is CON(C)C(=O)N1N=C(c2cc(F)ccc2F)S[C@@]1(CCCNC(=O)[C@H](C)NC(=O)[C@@H](NC(=O)CCOCCOCCOCCOCCNC(=O)CCN1C(=O)C=CC1=O)C(C)C)c1ccccc1. The van der Waals surface area contributed by atoms with Crippen molar-refractivity contribution in [2.24, 2.45) is 11.0 Å². The lowest BCUT2D eigenvalue weighted by Gasteiger charge is -2.37. The maximum Gasteiger partial charge on any atom is 0.365 e. The van der Waals surface area contributed by atoms with Gasteiger partial charge in [-0.2, -0.15) is 10.1 Å². The standard InChI is InChI=1S/C46H62F2N8O12S/c1-31(2)41(52-38(58)17-22-65-24-26-67-28-29-68-27-25-66-23-20-49-37(57)16-21-55-39(59)14-15-40(55)60)43(62)51-32(3)42(61)50-19-9-18-46(33-10-7-6-8-11-33)56(45(63)54(4)64-5)53-44(69-46)35-30-34(47)12-13-36(35)48/h6-8,10-15,30-32,41H,9,16-29H2,1-5H3,(H,49,57)(H,50,61)(H,51,62)(H,52,58)/t32-,41-,46-/m0/s1. The molecule has 0 aromatic heterocycles. The zero-order valence-electron chi connectivity index (χ0n) is 39.5. The number of hydrogen-bond acceptors (Lipinski definition) is 14. The van der Waals surface area contributed by atoms with Crippen molar-refractivity contribution in [3.63, 3.8) is 0 Å². The minimum atomic E-state index is -1.25. The predicted molar refractivity (Wildman–Crippen MR) is 249 cm³/mol. The number of benzene rings is 2. The fraction of sp³-hybridized carbons (Fsp3) is 0.522. The van der Waals surface area contributed by atoms with Crippen molar-refractivity contribution in [3.8, 4) is 0 Å². The number of nitrogens with one attached hydrogen (secondary N) is 4. The molecule has 2 aromatic carbocycles. The zero-order chi connectivity index (χ0) is 50.3. The minimum absolute atomic E-state index is 0.00538. The highest BCUT2D eigenvalue weighted by Gasteiger charge is 2.50. The van der Waals surface area contributed by atoms with Gasteiger partial charge in [-0.15, -0.1) is 0 Å². The quantitative estimate of drug-likeness (QED) is 0.0501. The molecule has 8 amide bonds. The van der Waals surface area contributed by atoms with E-state index in [-0.39, 0.29) is 94.2 Å². The summed E-state index contributed by atoms with van der Waals surface area (Å²) >= 11 is 1.08. The van der Waals surface area contributed by atoms with E-state index in [0.29, 0.717) is 32.0 Å². The minimum Gasteiger partial charge on any atom is -0.379 e. The number of carbonyl (C=O) groups is 7. The molecule has 3 atom stereocenters. The number of urea groups is 1. The van der Waals surface area contributed by atoms with Crippen LogP contribution >= 0.6 is 11.8 Å². The third kappa shape index (κ3) is 17.3. The highest BCUT2D eigenvalue weighted by atomic mass is 32.2. The first-order chi connectivity index (χ1) is 33.1. The van der Waals surface area contributed by atoms with Crippen molar-refractivity contribution >= 4 is 58.3 Å². The van der Waals surface area contributed by atoms with Gasteiger partial charge in [0.1, 0.15) is 33.6 Å². The van der Waals surface area contributed by atoms with E-state index >= 15 is 4.39 Å². The summed E-state index contributed by atoms with van der Waals surface area (Å²) in [6.07, 6.45) is 2.81. The normalized spacial score (nSPS) is 16.4. The Morgan fingerprint density at radius 3 is 2.01 bits per heavy atom. The molecule has 0 fully saturated rings. The van der Waals surface area contributed by atoms with E-state index in [1.165, 1.54) is 38.2 Å². The molecule has 0 bridgehead atoms. The number of rotatable bonds is 30. The van der Waals surface area contributed by atoms with Gasteiger partial charge in [-0.25, -0.2) is 18.6 Å². The Bertz CT molecular complexity index is 2120. The molecule has 0 saturated carbocycles. The topological polar surface area (TPSA) is 236 Å². The van der Waals surface area contributed by atoms with Crippen LogP contribution in [0.2, 0.25) is 0 Å². The van der Waals surface area contributed by atoms with E-state index in [1.807, 2.05) is 0 Å². The summed E-state index contributed by atoms with van der Waals surface area (Å²) in [6, 6.07) is 9.33. The average Bonchev–Trinajstić information content (AvgIpc) is 3.88. The summed E-state index contributed by atoms with van der Waals surface area (Å²) in [5.74, 6) is -4.34. The molecule has 2 heterocycles. The van der Waals surface area contributed by atoms with Crippen molar-refractivity contribution in [2.45, 2.75) is 63.4 Å². The van der Waals surface area contributed by atoms with Crippen LogP contribution in [0.25, 0.3) is 0 Å². The molecule has 0 saturated heterocycles. The van der Waals surface area contributed by atoms with Crippen molar-refractivity contribution in [1.82, 2.24) is 36.2 Å². The number of amides is 8. The van der Waals surface area contributed by atoms with Crippen molar-refractivity contribution in [2.75, 3.05) is 86.6 Å². The summed E-state index contributed by atoms with van der Waals surface area (Å²) < 4.78 is 51.2. The Morgan fingerprint density at radius 2 is 1.39 bits per heavy atom. The highest BCUT2D eigenvalue weighted by Crippen LogP contribution is 2.51. The van der Waals surface area contributed by atoms with Crippen molar-refractivity contribution in [1.29, 1.82) is 0 Å². The van der Waals surface area contributed by atoms with E-state index in [2.05, 4.69) is 26.4 Å². The second-order valence-electron chi connectivity index (χ2n) is 15.9. The van der Waals surface area contributed by atoms with E-state index < -0.39 is 64.2 Å². The second-order valence-corrected chi connectivity index (χ2v) is 17.2. The predicted octanol–water partition coefficient (Wildman–Crippen LogP) is 2.57. The van der Waals surface area contributed by atoms with Crippen LogP contribution in [0.4, 0.5) is 13.6 Å². The van der Waals surface area contributed by atoms with E-state index in [1.54, 1.807) is 44.2 Å². The molecule has 378 valence electrons. The number of ether oxygens (including phenoxy) is 4. The number of hydrazone groups is 1. The van der Waals surface area contributed by atoms with Gasteiger partial charge in [-0.3, -0.25) is 38.5 Å². The maximum atomic E-state index is 15.0. The molecule has 0 radical (unpaired) electrons. The maximum absolute atomic E-state index is 15.0. The number of imide groups is 1. The number of nitrogens with zero attached hydrogens (tertiary/aromatic N) is 4. The average molecular weight is 989 g/mol. The third-order valence-corrected chi connectivity index (χ3v) is 12.0. The zero-order valence-corrected chi connectivity index (χ0v) is 40.3. The molecular formula is C46H62F2N8O12S. The Labute approximate surface area is 404 Å². The first-order valence-electron chi connectivity index (χ1n) is 22.5. The molecule has 0 spiro atoms. The van der Waals surface area contributed by atoms with Crippen LogP contribution in [-0.4, -0.2) is 160 Å². The fourth-order valence-electron chi connectivity index (χ4n) is 6.74. The molecule has 69 heavy (non-hydrogen) atoms. The highest BCUT2D eigenvalue weighted by molar-refractivity contribution is 8.15. The Balaban J connectivity index is 1.10. The van der Waals surface area contributed by atoms with Crippen LogP contribution in [0, 0.1) is 17.6 Å². The largest absolute Gasteiger partial charge is 0.379 e. The summed E-state index contributed by atoms with van der Waals surface area (Å²) in [7, 11) is 2.70. The molecule has 2 aromatic rings. The van der Waals surface area contributed by atoms with Crippen LogP contribution in [-0.2, 0) is 57.4 Å². The molecule has 20 nitrogen and oxygen atoms in total. The van der Waals surface area contributed by atoms with Crippen LogP contribution in [0.15, 0.2) is 65.8 Å². The lowest BCUT2D eigenvalue weighted by molar-refractivity contribution is -0.137. The fourth-order valence-corrected chi connectivity index (χ4v) is 8.15. The second kappa shape index (κ2) is 28.6. The van der Waals surface area contributed by atoms with Crippen LogP contribution < -0.4 is 21.3 Å². The Hall–Kier alpha value is -5.85. The summed E-state index contributed by atoms with van der Waals surface area (Å²) in [6.45, 7) is 7.51. The smallest absolute Gasteiger partial charge is 0.365 e. The summed E-state index contributed by atoms with van der Waals surface area (Å²) in [5, 5.41) is 17.5. The Morgan fingerprint density at radius 1 is 0.768 bits per heavy atom. The van der Waals surface area contributed by atoms with Gasteiger partial charge in [0.15, 0.2) is 0 Å². The number of thioether (sulfide) groups is 1. The molecule has 23 heteroatoms. The molecule has 2 aliphatic heterocycles. The van der Waals surface area contributed by atoms with E-state index in [9.17, 15) is 38.0 Å². The van der Waals surface area contributed by atoms with E-state index in [0.717, 1.165) is 39.9 Å². The number of carbonyl (C=O) groups excluding carboxylic acids is 7. The third-order valence-electron chi connectivity index (χ3n) is 10.5.